The van der Waals surface area contributed by atoms with E-state index in [0.717, 1.165) is 25.2 Å². The van der Waals surface area contributed by atoms with Gasteiger partial charge in [0.05, 0.1) is 12.2 Å². The fourth-order valence-electron chi connectivity index (χ4n) is 1.38. The van der Waals surface area contributed by atoms with E-state index in [1.807, 2.05) is 11.8 Å². The van der Waals surface area contributed by atoms with Gasteiger partial charge >= 0.3 is 0 Å². The van der Waals surface area contributed by atoms with Gasteiger partial charge in [0.15, 0.2) is 6.29 Å². The molecule has 1 aromatic heterocycles. The Balaban J connectivity index is 2.85. The molecular formula is C11H16N2O2. The second-order valence-corrected chi connectivity index (χ2v) is 3.11. The van der Waals surface area contributed by atoms with Crippen molar-refractivity contribution in [1.29, 1.82) is 0 Å². The van der Waals surface area contributed by atoms with E-state index in [2.05, 4.69) is 4.98 Å². The Morgan fingerprint density at radius 1 is 1.60 bits per heavy atom. The number of aldehydes is 1. The maximum absolute atomic E-state index is 10.8. The number of methoxy groups -OCH3 is 1. The normalized spacial score (nSPS) is 10.0. The molecule has 1 heterocycles. The first-order valence-electron chi connectivity index (χ1n) is 4.97. The standard InChI is InChI=1S/C11H16N2O2/c1-3-13(7-8-15-2)11-10(9-14)5-4-6-12-11/h4-6,9H,3,7-8H2,1-2H3. The summed E-state index contributed by atoms with van der Waals surface area (Å²) in [5, 5.41) is 0. The van der Waals surface area contributed by atoms with E-state index in [4.69, 9.17) is 4.74 Å². The molecule has 15 heavy (non-hydrogen) atoms. The molecule has 1 aromatic rings. The van der Waals surface area contributed by atoms with Crippen LogP contribution in [0.1, 0.15) is 17.3 Å². The Morgan fingerprint density at radius 2 is 2.40 bits per heavy atom. The van der Waals surface area contributed by atoms with Gasteiger partial charge in [0, 0.05) is 26.4 Å². The molecule has 0 aliphatic heterocycles. The van der Waals surface area contributed by atoms with Crippen molar-refractivity contribution in [1.82, 2.24) is 4.98 Å². The molecule has 0 amide bonds. The minimum Gasteiger partial charge on any atom is -0.383 e. The van der Waals surface area contributed by atoms with Crippen LogP contribution in [0.5, 0.6) is 0 Å². The SMILES string of the molecule is CCN(CCOC)c1ncccc1C=O. The van der Waals surface area contributed by atoms with Gasteiger partial charge in [-0.25, -0.2) is 4.98 Å². The zero-order valence-electron chi connectivity index (χ0n) is 9.14. The highest BCUT2D eigenvalue weighted by molar-refractivity contribution is 5.82. The lowest BCUT2D eigenvalue weighted by Crippen LogP contribution is -2.28. The zero-order valence-corrected chi connectivity index (χ0v) is 9.14. The van der Waals surface area contributed by atoms with E-state index in [0.29, 0.717) is 12.2 Å². The van der Waals surface area contributed by atoms with Crippen LogP contribution >= 0.6 is 0 Å². The highest BCUT2D eigenvalue weighted by atomic mass is 16.5. The van der Waals surface area contributed by atoms with Gasteiger partial charge in [0.1, 0.15) is 5.82 Å². The van der Waals surface area contributed by atoms with Gasteiger partial charge in [0.2, 0.25) is 0 Å². The first kappa shape index (κ1) is 11.7. The Bertz CT molecular complexity index is 315. The number of nitrogens with zero attached hydrogens (tertiary/aromatic N) is 2. The number of carbonyl (C=O) groups excluding carboxylic acids is 1. The van der Waals surface area contributed by atoms with Crippen LogP contribution in [0.25, 0.3) is 0 Å². The van der Waals surface area contributed by atoms with Crippen molar-refractivity contribution in [2.45, 2.75) is 6.92 Å². The first-order chi connectivity index (χ1) is 7.33. The van der Waals surface area contributed by atoms with Crippen LogP contribution in [-0.4, -0.2) is 38.1 Å². The third-order valence-electron chi connectivity index (χ3n) is 2.19. The molecule has 0 fully saturated rings. The second kappa shape index (κ2) is 6.14. The molecule has 0 spiro atoms. The molecule has 1 rings (SSSR count). The van der Waals surface area contributed by atoms with Gasteiger partial charge in [0.25, 0.3) is 0 Å². The average Bonchev–Trinajstić information content (AvgIpc) is 2.30. The molecule has 0 unspecified atom stereocenters. The van der Waals surface area contributed by atoms with Crippen LogP contribution in [0.4, 0.5) is 5.82 Å². The molecule has 0 radical (unpaired) electrons. The fraction of sp³-hybridized carbons (Fsp3) is 0.455. The number of carbonyl (C=O) groups is 1. The van der Waals surface area contributed by atoms with Crippen LogP contribution in [-0.2, 0) is 4.74 Å². The van der Waals surface area contributed by atoms with E-state index in [-0.39, 0.29) is 0 Å². The summed E-state index contributed by atoms with van der Waals surface area (Å²) in [7, 11) is 1.66. The van der Waals surface area contributed by atoms with Crippen molar-refractivity contribution in [2.24, 2.45) is 0 Å². The van der Waals surface area contributed by atoms with Crippen molar-refractivity contribution in [2.75, 3.05) is 31.7 Å². The van der Waals surface area contributed by atoms with Gasteiger partial charge in [-0.1, -0.05) is 0 Å². The van der Waals surface area contributed by atoms with Gasteiger partial charge < -0.3 is 9.64 Å². The zero-order chi connectivity index (χ0) is 11.1. The predicted molar refractivity (Wildman–Crippen MR) is 59.4 cm³/mol. The number of anilines is 1. The fourth-order valence-corrected chi connectivity index (χ4v) is 1.38. The van der Waals surface area contributed by atoms with Crippen LogP contribution in [0.3, 0.4) is 0 Å². The summed E-state index contributed by atoms with van der Waals surface area (Å²) in [4.78, 5) is 17.1. The Kier molecular flexibility index (Phi) is 4.77. The van der Waals surface area contributed by atoms with Crippen molar-refractivity contribution >= 4 is 12.1 Å². The molecule has 4 nitrogen and oxygen atoms in total. The van der Waals surface area contributed by atoms with Crippen LogP contribution in [0, 0.1) is 0 Å². The summed E-state index contributed by atoms with van der Waals surface area (Å²) in [5.74, 6) is 0.729. The minimum absolute atomic E-state index is 0.621. The van der Waals surface area contributed by atoms with E-state index >= 15 is 0 Å². The van der Waals surface area contributed by atoms with Crippen molar-refractivity contribution in [3.8, 4) is 0 Å². The lowest BCUT2D eigenvalue weighted by Gasteiger charge is -2.22. The first-order valence-corrected chi connectivity index (χ1v) is 4.97. The maximum atomic E-state index is 10.8. The van der Waals surface area contributed by atoms with Crippen molar-refractivity contribution in [3.63, 3.8) is 0 Å². The molecule has 0 aliphatic rings. The summed E-state index contributed by atoms with van der Waals surface area (Å²) in [6.07, 6.45) is 2.52. The maximum Gasteiger partial charge on any atom is 0.153 e. The molecule has 0 N–H and O–H groups in total. The van der Waals surface area contributed by atoms with Crippen LogP contribution in [0.2, 0.25) is 0 Å². The summed E-state index contributed by atoms with van der Waals surface area (Å²) in [6.45, 7) is 4.20. The third kappa shape index (κ3) is 3.02. The number of rotatable bonds is 6. The van der Waals surface area contributed by atoms with Crippen LogP contribution in [0.15, 0.2) is 18.3 Å². The Labute approximate surface area is 89.9 Å². The molecule has 82 valence electrons. The molecular weight excluding hydrogens is 192 g/mol. The topological polar surface area (TPSA) is 42.4 Å². The molecule has 4 heteroatoms. The average molecular weight is 208 g/mol. The number of likely N-dealkylation sites (N-methyl/N-ethyl adjacent to an activating group) is 1. The molecule has 0 atom stereocenters. The van der Waals surface area contributed by atoms with Crippen molar-refractivity contribution in [3.05, 3.63) is 23.9 Å². The van der Waals surface area contributed by atoms with Crippen molar-refractivity contribution < 1.29 is 9.53 Å². The smallest absolute Gasteiger partial charge is 0.153 e. The number of pyridine rings is 1. The minimum atomic E-state index is 0.621. The van der Waals surface area contributed by atoms with Gasteiger partial charge in [-0.3, -0.25) is 4.79 Å². The second-order valence-electron chi connectivity index (χ2n) is 3.11. The van der Waals surface area contributed by atoms with Gasteiger partial charge in [-0.2, -0.15) is 0 Å². The number of aromatic nitrogens is 1. The molecule has 0 saturated carbocycles. The molecule has 0 bridgehead atoms. The third-order valence-corrected chi connectivity index (χ3v) is 2.19. The predicted octanol–water partition coefficient (Wildman–Crippen LogP) is 1.37. The summed E-state index contributed by atoms with van der Waals surface area (Å²) in [5.41, 5.74) is 0.621. The lowest BCUT2D eigenvalue weighted by molar-refractivity contribution is 0.112. The van der Waals surface area contributed by atoms with E-state index in [9.17, 15) is 4.79 Å². The number of hydrogen-bond acceptors (Lipinski definition) is 4. The summed E-state index contributed by atoms with van der Waals surface area (Å²) in [6, 6.07) is 3.53. The van der Waals surface area contributed by atoms with Gasteiger partial charge in [-0.05, 0) is 19.1 Å². The lowest BCUT2D eigenvalue weighted by atomic mass is 10.2. The molecule has 0 aliphatic carbocycles. The summed E-state index contributed by atoms with van der Waals surface area (Å²) >= 11 is 0. The largest absolute Gasteiger partial charge is 0.383 e. The van der Waals surface area contributed by atoms with Gasteiger partial charge in [-0.15, -0.1) is 0 Å². The highest BCUT2D eigenvalue weighted by Crippen LogP contribution is 2.14. The number of hydrogen-bond donors (Lipinski definition) is 0. The monoisotopic (exact) mass is 208 g/mol. The Hall–Kier alpha value is -1.42. The van der Waals surface area contributed by atoms with Crippen LogP contribution < -0.4 is 4.90 Å². The quantitative estimate of drug-likeness (QED) is 0.662. The van der Waals surface area contributed by atoms with E-state index < -0.39 is 0 Å². The molecule has 0 saturated heterocycles. The van der Waals surface area contributed by atoms with E-state index in [1.54, 1.807) is 25.4 Å². The Morgan fingerprint density at radius 3 is 3.00 bits per heavy atom. The molecule has 0 aromatic carbocycles. The number of ether oxygens (including phenoxy) is 1. The van der Waals surface area contributed by atoms with E-state index in [1.165, 1.54) is 0 Å². The summed E-state index contributed by atoms with van der Waals surface area (Å²) < 4.78 is 5.01. The highest BCUT2D eigenvalue weighted by Gasteiger charge is 2.09.